The van der Waals surface area contributed by atoms with Gasteiger partial charge >= 0.3 is 0 Å². The monoisotopic (exact) mass is 469 g/mol. The van der Waals surface area contributed by atoms with Gasteiger partial charge in [-0.15, -0.1) is 6.58 Å². The maximum atomic E-state index is 12.7. The van der Waals surface area contributed by atoms with Crippen LogP contribution in [0.25, 0.3) is 0 Å². The number of aryl methyl sites for hydroxylation is 1. The molecule has 2 aromatic carbocycles. The van der Waals surface area contributed by atoms with Crippen LogP contribution >= 0.6 is 0 Å². The van der Waals surface area contributed by atoms with Crippen LogP contribution in [0.5, 0.6) is 0 Å². The molecule has 1 heterocycles. The quantitative estimate of drug-likeness (QED) is 0.523. The number of amides is 2. The second-order valence-corrected chi connectivity index (χ2v) is 10.0. The van der Waals surface area contributed by atoms with Gasteiger partial charge in [0.05, 0.1) is 5.75 Å². The van der Waals surface area contributed by atoms with Crippen LogP contribution in [0.4, 0.5) is 5.69 Å². The van der Waals surface area contributed by atoms with E-state index in [0.29, 0.717) is 43.6 Å². The van der Waals surface area contributed by atoms with Crippen LogP contribution in [0.15, 0.2) is 67.3 Å². The van der Waals surface area contributed by atoms with E-state index in [1.54, 1.807) is 24.3 Å². The molecule has 3 rings (SSSR count). The molecular weight excluding hydrogens is 438 g/mol. The van der Waals surface area contributed by atoms with Crippen molar-refractivity contribution in [2.45, 2.75) is 31.4 Å². The first-order valence-corrected chi connectivity index (χ1v) is 12.8. The van der Waals surface area contributed by atoms with Crippen molar-refractivity contribution in [3.05, 3.63) is 78.4 Å². The van der Waals surface area contributed by atoms with Crippen LogP contribution < -0.4 is 10.0 Å². The molecule has 1 aliphatic rings. The average Bonchev–Trinajstić information content (AvgIpc) is 2.83. The number of piperidine rings is 1. The third-order valence-electron chi connectivity index (χ3n) is 5.71. The van der Waals surface area contributed by atoms with Crippen molar-refractivity contribution in [2.75, 3.05) is 25.0 Å². The smallest absolute Gasteiger partial charge is 0.227 e. The molecule has 1 aliphatic heterocycles. The van der Waals surface area contributed by atoms with Gasteiger partial charge in [-0.1, -0.05) is 48.5 Å². The Balaban J connectivity index is 1.43. The van der Waals surface area contributed by atoms with E-state index >= 15 is 0 Å². The molecule has 0 atom stereocenters. The molecule has 1 saturated heterocycles. The lowest BCUT2D eigenvalue weighted by Gasteiger charge is -2.31. The van der Waals surface area contributed by atoms with Crippen LogP contribution in [0.1, 0.15) is 30.4 Å². The average molecular weight is 470 g/mol. The number of hydrogen-bond donors (Lipinski definition) is 2. The number of hydrogen-bond acceptors (Lipinski definition) is 4. The molecule has 1 fully saturated rings. The molecule has 0 radical (unpaired) electrons. The van der Waals surface area contributed by atoms with Gasteiger partial charge in [0.2, 0.25) is 21.8 Å². The number of rotatable bonds is 10. The fraction of sp³-hybridized carbons (Fsp3) is 0.360. The first kappa shape index (κ1) is 24.7. The van der Waals surface area contributed by atoms with Gasteiger partial charge in [0, 0.05) is 37.7 Å². The Hall–Kier alpha value is -2.97. The van der Waals surface area contributed by atoms with E-state index in [2.05, 4.69) is 16.6 Å². The Bertz CT molecular complexity index is 1040. The summed E-state index contributed by atoms with van der Waals surface area (Å²) in [5.74, 6) is -0.220. The summed E-state index contributed by atoms with van der Waals surface area (Å²) >= 11 is 0. The SMILES string of the molecule is C=CCNS(=O)(=O)Cc1ccc(NC(=O)C2CCN(C(=O)CCc3ccccc3)CC2)cc1. The lowest BCUT2D eigenvalue weighted by Crippen LogP contribution is -2.41. The molecule has 0 aliphatic carbocycles. The Labute approximate surface area is 195 Å². The summed E-state index contributed by atoms with van der Waals surface area (Å²) in [5, 5.41) is 2.91. The van der Waals surface area contributed by atoms with Crippen molar-refractivity contribution in [1.82, 2.24) is 9.62 Å². The number of sulfonamides is 1. The van der Waals surface area contributed by atoms with Gasteiger partial charge in [0.1, 0.15) is 0 Å². The number of benzene rings is 2. The van der Waals surface area contributed by atoms with Gasteiger partial charge in [0.15, 0.2) is 0 Å². The molecule has 33 heavy (non-hydrogen) atoms. The lowest BCUT2D eigenvalue weighted by atomic mass is 9.95. The maximum Gasteiger partial charge on any atom is 0.227 e. The van der Waals surface area contributed by atoms with E-state index in [9.17, 15) is 18.0 Å². The number of anilines is 1. The Kier molecular flexibility index (Phi) is 8.79. The zero-order valence-electron chi connectivity index (χ0n) is 18.7. The predicted octanol–water partition coefficient (Wildman–Crippen LogP) is 3.10. The third kappa shape index (κ3) is 7.83. The minimum Gasteiger partial charge on any atom is -0.343 e. The molecule has 7 nitrogen and oxygen atoms in total. The normalized spacial score (nSPS) is 14.6. The molecule has 176 valence electrons. The van der Waals surface area contributed by atoms with Crippen LogP contribution in [0.2, 0.25) is 0 Å². The van der Waals surface area contributed by atoms with Crippen molar-refractivity contribution in [3.63, 3.8) is 0 Å². The summed E-state index contributed by atoms with van der Waals surface area (Å²) in [4.78, 5) is 27.0. The summed E-state index contributed by atoms with van der Waals surface area (Å²) in [5.41, 5.74) is 2.41. The molecule has 0 spiro atoms. The molecule has 0 bridgehead atoms. The van der Waals surface area contributed by atoms with E-state index in [1.807, 2.05) is 35.2 Å². The topological polar surface area (TPSA) is 95.6 Å². The van der Waals surface area contributed by atoms with Crippen molar-refractivity contribution in [1.29, 1.82) is 0 Å². The fourth-order valence-electron chi connectivity index (χ4n) is 3.83. The molecule has 0 unspecified atom stereocenters. The first-order valence-electron chi connectivity index (χ1n) is 11.2. The first-order chi connectivity index (χ1) is 15.9. The zero-order chi connectivity index (χ0) is 23.7. The van der Waals surface area contributed by atoms with Crippen LogP contribution in [-0.4, -0.2) is 44.8 Å². The summed E-state index contributed by atoms with van der Waals surface area (Å²) in [6.45, 7) is 4.85. The molecular formula is C25H31N3O4S. The molecule has 8 heteroatoms. The predicted molar refractivity (Wildman–Crippen MR) is 130 cm³/mol. The Morgan fingerprint density at radius 2 is 1.67 bits per heavy atom. The number of carbonyl (C=O) groups excluding carboxylic acids is 2. The summed E-state index contributed by atoms with van der Waals surface area (Å²) in [6, 6.07) is 16.7. The summed E-state index contributed by atoms with van der Waals surface area (Å²) < 4.78 is 26.3. The highest BCUT2D eigenvalue weighted by Gasteiger charge is 2.27. The summed E-state index contributed by atoms with van der Waals surface area (Å²) in [7, 11) is -3.42. The van der Waals surface area contributed by atoms with Gasteiger partial charge in [-0.3, -0.25) is 9.59 Å². The maximum absolute atomic E-state index is 12.7. The van der Waals surface area contributed by atoms with Crippen molar-refractivity contribution in [2.24, 2.45) is 5.92 Å². The Morgan fingerprint density at radius 1 is 1.00 bits per heavy atom. The molecule has 0 saturated carbocycles. The van der Waals surface area contributed by atoms with Crippen molar-refractivity contribution in [3.8, 4) is 0 Å². The largest absolute Gasteiger partial charge is 0.343 e. The standard InChI is InChI=1S/C25H31N3O4S/c1-2-16-26-33(31,32)19-21-8-11-23(12-9-21)27-25(30)22-14-17-28(18-15-22)24(29)13-10-20-6-4-3-5-7-20/h2-9,11-12,22,26H,1,10,13-19H2,(H,27,30). The minimum atomic E-state index is -3.42. The lowest BCUT2D eigenvalue weighted by molar-refractivity contribution is -0.134. The highest BCUT2D eigenvalue weighted by atomic mass is 32.2. The van der Waals surface area contributed by atoms with Crippen LogP contribution in [-0.2, 0) is 31.8 Å². The van der Waals surface area contributed by atoms with Gasteiger partial charge in [-0.25, -0.2) is 13.1 Å². The molecule has 2 N–H and O–H groups in total. The second-order valence-electron chi connectivity index (χ2n) is 8.22. The van der Waals surface area contributed by atoms with Crippen molar-refractivity contribution < 1.29 is 18.0 Å². The van der Waals surface area contributed by atoms with E-state index in [0.717, 1.165) is 12.0 Å². The van der Waals surface area contributed by atoms with Gasteiger partial charge in [0.25, 0.3) is 0 Å². The fourth-order valence-corrected chi connectivity index (χ4v) is 4.94. The van der Waals surface area contributed by atoms with E-state index in [4.69, 9.17) is 0 Å². The molecule has 2 aromatic rings. The minimum absolute atomic E-state index is 0.0700. The summed E-state index contributed by atoms with van der Waals surface area (Å²) in [6.07, 6.45) is 3.96. The third-order valence-corrected chi connectivity index (χ3v) is 7.03. The number of carbonyl (C=O) groups is 2. The van der Waals surface area contributed by atoms with Gasteiger partial charge < -0.3 is 10.2 Å². The van der Waals surface area contributed by atoms with E-state index in [-0.39, 0.29) is 30.0 Å². The van der Waals surface area contributed by atoms with Crippen molar-refractivity contribution >= 4 is 27.5 Å². The van der Waals surface area contributed by atoms with Crippen LogP contribution in [0.3, 0.4) is 0 Å². The Morgan fingerprint density at radius 3 is 2.30 bits per heavy atom. The van der Waals surface area contributed by atoms with E-state index in [1.165, 1.54) is 6.08 Å². The highest BCUT2D eigenvalue weighted by molar-refractivity contribution is 7.88. The second kappa shape index (κ2) is 11.8. The van der Waals surface area contributed by atoms with E-state index < -0.39 is 10.0 Å². The highest BCUT2D eigenvalue weighted by Crippen LogP contribution is 2.21. The number of nitrogens with zero attached hydrogens (tertiary/aromatic N) is 1. The number of nitrogens with one attached hydrogen (secondary N) is 2. The zero-order valence-corrected chi connectivity index (χ0v) is 19.5. The van der Waals surface area contributed by atoms with Crippen LogP contribution in [0, 0.1) is 5.92 Å². The number of likely N-dealkylation sites (tertiary alicyclic amines) is 1. The van der Waals surface area contributed by atoms with Gasteiger partial charge in [-0.2, -0.15) is 0 Å². The molecule has 2 amide bonds. The van der Waals surface area contributed by atoms with Gasteiger partial charge in [-0.05, 0) is 42.5 Å². The molecule has 0 aromatic heterocycles.